The Kier molecular flexibility index (Phi) is 5.95. The summed E-state index contributed by atoms with van der Waals surface area (Å²) in [6, 6.07) is 13.3. The van der Waals surface area contributed by atoms with Gasteiger partial charge in [0, 0.05) is 5.56 Å². The molecule has 0 radical (unpaired) electrons. The van der Waals surface area contributed by atoms with Crippen LogP contribution in [0.4, 0.5) is 0 Å². The van der Waals surface area contributed by atoms with E-state index >= 15 is 0 Å². The first kappa shape index (κ1) is 17.5. The third kappa shape index (κ3) is 4.59. The lowest BCUT2D eigenvalue weighted by Crippen LogP contribution is -2.16. The number of aryl methyl sites for hydroxylation is 2. The molecule has 0 atom stereocenters. The molecule has 5 heteroatoms. The van der Waals surface area contributed by atoms with E-state index in [4.69, 9.17) is 14.3 Å². The second-order valence-electron chi connectivity index (χ2n) is 5.41. The molecule has 0 heterocycles. The largest absolute Gasteiger partial charge is 0.469 e. The number of hydrogen-bond acceptors (Lipinski definition) is 5. The Labute approximate surface area is 141 Å². The summed E-state index contributed by atoms with van der Waals surface area (Å²) in [5.74, 6) is 0.629. The fourth-order valence-electron chi connectivity index (χ4n) is 2.42. The summed E-state index contributed by atoms with van der Waals surface area (Å²) >= 11 is 0. The third-order valence-corrected chi connectivity index (χ3v) is 3.39. The summed E-state index contributed by atoms with van der Waals surface area (Å²) in [5.41, 5.74) is 3.61. The molecule has 126 valence electrons. The minimum absolute atomic E-state index is 0.131. The van der Waals surface area contributed by atoms with Crippen molar-refractivity contribution in [2.75, 3.05) is 14.2 Å². The van der Waals surface area contributed by atoms with Crippen LogP contribution in [0.1, 0.15) is 22.3 Å². The predicted molar refractivity (Wildman–Crippen MR) is 92.3 cm³/mol. The second-order valence-corrected chi connectivity index (χ2v) is 5.41. The Bertz CT molecular complexity index is 733. The highest BCUT2D eigenvalue weighted by atomic mass is 16.6. The zero-order valence-electron chi connectivity index (χ0n) is 14.3. The van der Waals surface area contributed by atoms with Crippen molar-refractivity contribution in [1.29, 1.82) is 0 Å². The van der Waals surface area contributed by atoms with Crippen LogP contribution >= 0.6 is 0 Å². The van der Waals surface area contributed by atoms with Crippen LogP contribution in [0.15, 0.2) is 47.6 Å². The number of oxime groups is 1. The molecule has 5 nitrogen and oxygen atoms in total. The number of ether oxygens (including phenoxy) is 2. The Morgan fingerprint density at radius 2 is 1.71 bits per heavy atom. The average Bonchev–Trinajstić information content (AvgIpc) is 2.54. The smallest absolute Gasteiger partial charge is 0.310 e. The van der Waals surface area contributed by atoms with Crippen molar-refractivity contribution in [3.63, 3.8) is 0 Å². The SMILES string of the molecule is CO/N=C(\Oc1cc(C)cc(C)c1)c1ccccc1CC(=O)OC. The summed E-state index contributed by atoms with van der Waals surface area (Å²) in [4.78, 5) is 16.6. The summed E-state index contributed by atoms with van der Waals surface area (Å²) in [6.45, 7) is 4.00. The maximum Gasteiger partial charge on any atom is 0.310 e. The Morgan fingerprint density at radius 3 is 2.33 bits per heavy atom. The number of methoxy groups -OCH3 is 1. The van der Waals surface area contributed by atoms with E-state index in [0.29, 0.717) is 17.2 Å². The monoisotopic (exact) mass is 327 g/mol. The highest BCUT2D eigenvalue weighted by Gasteiger charge is 2.15. The number of rotatable bonds is 5. The van der Waals surface area contributed by atoms with Gasteiger partial charge in [0.1, 0.15) is 12.9 Å². The normalized spacial score (nSPS) is 11.1. The summed E-state index contributed by atoms with van der Waals surface area (Å²) in [5, 5.41) is 3.99. The van der Waals surface area contributed by atoms with Crippen LogP contribution in [-0.2, 0) is 20.8 Å². The molecule has 0 unspecified atom stereocenters. The van der Waals surface area contributed by atoms with Crippen molar-refractivity contribution >= 4 is 11.9 Å². The first-order valence-electron chi connectivity index (χ1n) is 7.56. The lowest BCUT2D eigenvalue weighted by molar-refractivity contribution is -0.139. The molecule has 0 fully saturated rings. The topological polar surface area (TPSA) is 57.1 Å². The van der Waals surface area contributed by atoms with Gasteiger partial charge in [-0.25, -0.2) is 0 Å². The van der Waals surface area contributed by atoms with Gasteiger partial charge in [-0.2, -0.15) is 0 Å². The first-order valence-corrected chi connectivity index (χ1v) is 7.56. The summed E-state index contributed by atoms with van der Waals surface area (Å²) < 4.78 is 10.7. The van der Waals surface area contributed by atoms with Gasteiger partial charge < -0.3 is 14.3 Å². The van der Waals surface area contributed by atoms with E-state index < -0.39 is 0 Å². The van der Waals surface area contributed by atoms with Gasteiger partial charge in [-0.05, 0) is 53.9 Å². The quantitative estimate of drug-likeness (QED) is 0.365. The average molecular weight is 327 g/mol. The molecule has 0 spiro atoms. The van der Waals surface area contributed by atoms with Crippen molar-refractivity contribution < 1.29 is 19.1 Å². The van der Waals surface area contributed by atoms with E-state index in [1.54, 1.807) is 0 Å². The molecule has 0 N–H and O–H groups in total. The van der Waals surface area contributed by atoms with E-state index in [0.717, 1.165) is 16.7 Å². The molecule has 0 amide bonds. The molecule has 2 rings (SSSR count). The molecule has 2 aromatic carbocycles. The number of carbonyl (C=O) groups excluding carboxylic acids is 1. The van der Waals surface area contributed by atoms with Gasteiger partial charge in [-0.3, -0.25) is 4.79 Å². The molecule has 2 aromatic rings. The van der Waals surface area contributed by atoms with Crippen molar-refractivity contribution in [2.45, 2.75) is 20.3 Å². The minimum atomic E-state index is -0.328. The first-order chi connectivity index (χ1) is 11.5. The van der Waals surface area contributed by atoms with E-state index in [1.165, 1.54) is 14.2 Å². The number of carbonyl (C=O) groups is 1. The minimum Gasteiger partial charge on any atom is -0.469 e. The molecule has 0 saturated heterocycles. The van der Waals surface area contributed by atoms with E-state index in [-0.39, 0.29) is 12.4 Å². The molecule has 0 aliphatic heterocycles. The Morgan fingerprint density at radius 1 is 1.04 bits per heavy atom. The Hall–Kier alpha value is -2.82. The molecular weight excluding hydrogens is 306 g/mol. The number of benzene rings is 2. The number of hydrogen-bond donors (Lipinski definition) is 0. The molecule has 0 aromatic heterocycles. The lowest BCUT2D eigenvalue weighted by atomic mass is 10.0. The Balaban J connectivity index is 2.38. The highest BCUT2D eigenvalue weighted by Crippen LogP contribution is 2.20. The van der Waals surface area contributed by atoms with Gasteiger partial charge in [-0.1, -0.05) is 24.3 Å². The predicted octanol–water partition coefficient (Wildman–Crippen LogP) is 3.41. The summed E-state index contributed by atoms with van der Waals surface area (Å²) in [6.07, 6.45) is 0.131. The van der Waals surface area contributed by atoms with E-state index in [9.17, 15) is 4.79 Å². The van der Waals surface area contributed by atoms with Crippen LogP contribution in [-0.4, -0.2) is 26.1 Å². The standard InChI is InChI=1S/C19H21NO4/c1-13-9-14(2)11-16(10-13)24-19(20-23-4)17-8-6-5-7-15(17)12-18(21)22-3/h5-11H,12H2,1-4H3/b20-19-. The van der Waals surface area contributed by atoms with Crippen molar-refractivity contribution in [2.24, 2.45) is 5.16 Å². The third-order valence-electron chi connectivity index (χ3n) is 3.39. The van der Waals surface area contributed by atoms with Gasteiger partial charge in [0.15, 0.2) is 0 Å². The summed E-state index contributed by atoms with van der Waals surface area (Å²) in [7, 11) is 2.81. The molecule has 0 aliphatic carbocycles. The van der Waals surface area contributed by atoms with Crippen molar-refractivity contribution in [1.82, 2.24) is 0 Å². The van der Waals surface area contributed by atoms with E-state index in [1.807, 2.05) is 50.2 Å². The van der Waals surface area contributed by atoms with Crippen LogP contribution in [0.25, 0.3) is 0 Å². The van der Waals surface area contributed by atoms with Crippen LogP contribution in [0.5, 0.6) is 5.75 Å². The van der Waals surface area contributed by atoms with Crippen LogP contribution in [0, 0.1) is 13.8 Å². The molecule has 0 saturated carbocycles. The van der Waals surface area contributed by atoms with Gasteiger partial charge >= 0.3 is 5.97 Å². The van der Waals surface area contributed by atoms with Gasteiger partial charge in [0.05, 0.1) is 13.5 Å². The zero-order valence-corrected chi connectivity index (χ0v) is 14.3. The number of esters is 1. The van der Waals surface area contributed by atoms with Crippen LogP contribution in [0.2, 0.25) is 0 Å². The van der Waals surface area contributed by atoms with Crippen LogP contribution < -0.4 is 4.74 Å². The van der Waals surface area contributed by atoms with Gasteiger partial charge in [0.2, 0.25) is 0 Å². The maximum absolute atomic E-state index is 11.6. The zero-order chi connectivity index (χ0) is 17.5. The second kappa shape index (κ2) is 8.15. The lowest BCUT2D eigenvalue weighted by Gasteiger charge is -2.13. The van der Waals surface area contributed by atoms with Crippen molar-refractivity contribution in [3.05, 3.63) is 64.7 Å². The maximum atomic E-state index is 11.6. The molecule has 0 bridgehead atoms. The van der Waals surface area contributed by atoms with Gasteiger partial charge in [0.25, 0.3) is 5.90 Å². The number of nitrogens with zero attached hydrogens (tertiary/aromatic N) is 1. The highest BCUT2D eigenvalue weighted by molar-refractivity contribution is 5.97. The van der Waals surface area contributed by atoms with Gasteiger partial charge in [-0.15, -0.1) is 0 Å². The fraction of sp³-hybridized carbons (Fsp3) is 0.263. The molecular formula is C19H21NO4. The molecule has 0 aliphatic rings. The van der Waals surface area contributed by atoms with Crippen LogP contribution in [0.3, 0.4) is 0 Å². The molecule has 24 heavy (non-hydrogen) atoms. The fourth-order valence-corrected chi connectivity index (χ4v) is 2.42. The van der Waals surface area contributed by atoms with E-state index in [2.05, 4.69) is 11.2 Å². The van der Waals surface area contributed by atoms with Crippen molar-refractivity contribution in [3.8, 4) is 5.75 Å².